The van der Waals surface area contributed by atoms with Crippen molar-refractivity contribution in [1.29, 1.82) is 5.26 Å². The number of nitriles is 1. The normalized spacial score (nSPS) is 11.8. The Morgan fingerprint density at radius 1 is 1.53 bits per heavy atom. The molecule has 1 atom stereocenters. The van der Waals surface area contributed by atoms with E-state index in [1.807, 2.05) is 13.8 Å². The maximum atomic E-state index is 11.8. The third-order valence-electron chi connectivity index (χ3n) is 2.62. The minimum absolute atomic E-state index is 0.322. The number of halogens is 1. The minimum Gasteiger partial charge on any atom is -0.467 e. The van der Waals surface area contributed by atoms with Crippen LogP contribution in [0.5, 0.6) is 0 Å². The van der Waals surface area contributed by atoms with E-state index >= 15 is 0 Å². The van der Waals surface area contributed by atoms with Crippen LogP contribution in [0, 0.1) is 17.2 Å². The molecule has 0 spiro atoms. The second-order valence-electron chi connectivity index (χ2n) is 4.65. The number of ether oxygens (including phenoxy) is 1. The third-order valence-corrected chi connectivity index (χ3v) is 3.12. The second-order valence-corrected chi connectivity index (χ2v) is 5.57. The third kappa shape index (κ3) is 4.56. The lowest BCUT2D eigenvalue weighted by molar-refractivity contribution is -0.141. The predicted octanol–water partition coefficient (Wildman–Crippen LogP) is 3.32. The number of methoxy groups -OCH3 is 1. The number of nitrogens with one attached hydrogen (secondary N) is 1. The van der Waals surface area contributed by atoms with Gasteiger partial charge in [-0.25, -0.2) is 4.79 Å². The van der Waals surface area contributed by atoms with Gasteiger partial charge in [-0.15, -0.1) is 0 Å². The van der Waals surface area contributed by atoms with Gasteiger partial charge in [-0.3, -0.25) is 0 Å². The van der Waals surface area contributed by atoms with Crippen LogP contribution in [0.1, 0.15) is 25.8 Å². The number of carbonyl (C=O) groups excluding carboxylic acids is 1. The summed E-state index contributed by atoms with van der Waals surface area (Å²) in [6.45, 7) is 4.06. The van der Waals surface area contributed by atoms with Crippen LogP contribution in [0.4, 0.5) is 5.69 Å². The van der Waals surface area contributed by atoms with Crippen molar-refractivity contribution < 1.29 is 9.53 Å². The number of hydrogen-bond acceptors (Lipinski definition) is 4. The van der Waals surface area contributed by atoms with Crippen LogP contribution >= 0.6 is 15.9 Å². The van der Waals surface area contributed by atoms with Gasteiger partial charge < -0.3 is 10.1 Å². The molecular weight excluding hydrogens is 308 g/mol. The maximum Gasteiger partial charge on any atom is 0.328 e. The summed E-state index contributed by atoms with van der Waals surface area (Å²) in [5.41, 5.74) is 1.13. The highest BCUT2D eigenvalue weighted by Gasteiger charge is 2.21. The molecule has 0 aliphatic carbocycles. The molecule has 1 aromatic rings. The molecule has 0 amide bonds. The summed E-state index contributed by atoms with van der Waals surface area (Å²) in [6.07, 6.45) is 0.643. The first-order valence-electron chi connectivity index (χ1n) is 6.02. The van der Waals surface area contributed by atoms with E-state index in [1.165, 1.54) is 7.11 Å². The van der Waals surface area contributed by atoms with Crippen LogP contribution in [0.3, 0.4) is 0 Å². The molecule has 0 aliphatic heterocycles. The Hall–Kier alpha value is -1.54. The maximum absolute atomic E-state index is 11.8. The zero-order chi connectivity index (χ0) is 14.4. The molecule has 0 saturated carbocycles. The highest BCUT2D eigenvalue weighted by atomic mass is 79.9. The van der Waals surface area contributed by atoms with E-state index < -0.39 is 6.04 Å². The molecule has 1 N–H and O–H groups in total. The summed E-state index contributed by atoms with van der Waals surface area (Å²) in [4.78, 5) is 11.8. The van der Waals surface area contributed by atoms with Gasteiger partial charge in [0.25, 0.3) is 0 Å². The Bertz CT molecular complexity index is 495. The molecule has 0 aliphatic rings. The Kier molecular flexibility index (Phi) is 5.84. The average molecular weight is 325 g/mol. The molecular formula is C14H17BrN2O2. The topological polar surface area (TPSA) is 62.1 Å². The smallest absolute Gasteiger partial charge is 0.328 e. The lowest BCUT2D eigenvalue weighted by Gasteiger charge is -2.20. The van der Waals surface area contributed by atoms with Crippen LogP contribution in [-0.4, -0.2) is 19.1 Å². The zero-order valence-corrected chi connectivity index (χ0v) is 12.8. The number of benzene rings is 1. The van der Waals surface area contributed by atoms with Gasteiger partial charge in [0.2, 0.25) is 0 Å². The molecule has 102 valence electrons. The van der Waals surface area contributed by atoms with Crippen LogP contribution in [0.15, 0.2) is 22.7 Å². The average Bonchev–Trinajstić information content (AvgIpc) is 2.36. The monoisotopic (exact) mass is 324 g/mol. The Labute approximate surface area is 121 Å². The summed E-state index contributed by atoms with van der Waals surface area (Å²) in [5.74, 6) is 0.0202. The predicted molar refractivity (Wildman–Crippen MR) is 77.7 cm³/mol. The number of carbonyl (C=O) groups is 1. The number of nitrogens with zero attached hydrogens (tertiary/aromatic N) is 1. The molecule has 0 fully saturated rings. The van der Waals surface area contributed by atoms with Crippen molar-refractivity contribution in [3.63, 3.8) is 0 Å². The van der Waals surface area contributed by atoms with Gasteiger partial charge in [-0.2, -0.15) is 5.26 Å². The molecule has 0 aromatic heterocycles. The lowest BCUT2D eigenvalue weighted by Crippen LogP contribution is -2.32. The first-order chi connectivity index (χ1) is 8.97. The van der Waals surface area contributed by atoms with Crippen LogP contribution < -0.4 is 5.32 Å². The van der Waals surface area contributed by atoms with Gasteiger partial charge in [0.1, 0.15) is 12.1 Å². The molecule has 1 rings (SSSR count). The van der Waals surface area contributed by atoms with Gasteiger partial charge in [0.05, 0.1) is 18.4 Å². The van der Waals surface area contributed by atoms with E-state index in [4.69, 9.17) is 10.00 Å². The molecule has 1 aromatic carbocycles. The quantitative estimate of drug-likeness (QED) is 0.844. The number of rotatable bonds is 5. The number of hydrogen-bond donors (Lipinski definition) is 1. The molecule has 0 bridgehead atoms. The number of esters is 1. The fourth-order valence-corrected chi connectivity index (χ4v) is 2.11. The van der Waals surface area contributed by atoms with E-state index in [-0.39, 0.29) is 5.97 Å². The van der Waals surface area contributed by atoms with Crippen molar-refractivity contribution >= 4 is 27.6 Å². The standard InChI is InChI=1S/C14H17BrN2O2/c1-9(2)6-13(14(18)19-3)17-12-7-11(15)5-4-10(12)8-16/h4-5,7,9,13,17H,6H2,1-3H3. The first-order valence-corrected chi connectivity index (χ1v) is 6.81. The molecule has 5 heteroatoms. The minimum atomic E-state index is -0.452. The second kappa shape index (κ2) is 7.15. The van der Waals surface area contributed by atoms with E-state index in [0.29, 0.717) is 23.6 Å². The molecule has 0 radical (unpaired) electrons. The zero-order valence-electron chi connectivity index (χ0n) is 11.2. The van der Waals surface area contributed by atoms with Crippen LogP contribution in [0.25, 0.3) is 0 Å². The summed E-state index contributed by atoms with van der Waals surface area (Å²) < 4.78 is 5.64. The summed E-state index contributed by atoms with van der Waals surface area (Å²) in [6, 6.07) is 6.93. The van der Waals surface area contributed by atoms with E-state index in [1.54, 1.807) is 18.2 Å². The van der Waals surface area contributed by atoms with Gasteiger partial charge in [-0.1, -0.05) is 29.8 Å². The van der Waals surface area contributed by atoms with Crippen molar-refractivity contribution in [2.24, 2.45) is 5.92 Å². The summed E-state index contributed by atoms with van der Waals surface area (Å²) in [7, 11) is 1.36. The summed E-state index contributed by atoms with van der Waals surface area (Å²) >= 11 is 3.35. The molecule has 0 heterocycles. The lowest BCUT2D eigenvalue weighted by atomic mass is 10.0. The van der Waals surface area contributed by atoms with Crippen LogP contribution in [-0.2, 0) is 9.53 Å². The van der Waals surface area contributed by atoms with E-state index in [2.05, 4.69) is 27.3 Å². The molecule has 4 nitrogen and oxygen atoms in total. The van der Waals surface area contributed by atoms with E-state index in [9.17, 15) is 4.79 Å². The van der Waals surface area contributed by atoms with Crippen molar-refractivity contribution in [2.45, 2.75) is 26.3 Å². The SMILES string of the molecule is COC(=O)C(CC(C)C)Nc1cc(Br)ccc1C#N. The fraction of sp³-hybridized carbons (Fsp3) is 0.429. The Morgan fingerprint density at radius 2 is 2.21 bits per heavy atom. The largest absolute Gasteiger partial charge is 0.467 e. The van der Waals surface area contributed by atoms with Gasteiger partial charge in [-0.05, 0) is 30.5 Å². The highest BCUT2D eigenvalue weighted by Crippen LogP contribution is 2.23. The Morgan fingerprint density at radius 3 is 2.74 bits per heavy atom. The highest BCUT2D eigenvalue weighted by molar-refractivity contribution is 9.10. The van der Waals surface area contributed by atoms with Crippen LogP contribution in [0.2, 0.25) is 0 Å². The molecule has 19 heavy (non-hydrogen) atoms. The van der Waals surface area contributed by atoms with E-state index in [0.717, 1.165) is 4.47 Å². The Balaban J connectivity index is 2.99. The van der Waals surface area contributed by atoms with Gasteiger partial charge in [0, 0.05) is 4.47 Å². The van der Waals surface area contributed by atoms with Crippen molar-refractivity contribution in [3.05, 3.63) is 28.2 Å². The summed E-state index contributed by atoms with van der Waals surface area (Å²) in [5, 5.41) is 12.2. The fourth-order valence-electron chi connectivity index (χ4n) is 1.75. The number of anilines is 1. The van der Waals surface area contributed by atoms with Gasteiger partial charge in [0.15, 0.2) is 0 Å². The molecule has 0 saturated heterocycles. The van der Waals surface area contributed by atoms with Crippen molar-refractivity contribution in [1.82, 2.24) is 0 Å². The molecule has 1 unspecified atom stereocenters. The first kappa shape index (κ1) is 15.5. The van der Waals surface area contributed by atoms with Gasteiger partial charge >= 0.3 is 5.97 Å². The van der Waals surface area contributed by atoms with Crippen molar-refractivity contribution in [3.8, 4) is 6.07 Å². The van der Waals surface area contributed by atoms with Crippen molar-refractivity contribution in [2.75, 3.05) is 12.4 Å².